The lowest BCUT2D eigenvalue weighted by Crippen LogP contribution is -2.09. The van der Waals surface area contributed by atoms with Crippen LogP contribution >= 0.6 is 0 Å². The van der Waals surface area contributed by atoms with Gasteiger partial charge in [-0.1, -0.05) is 31.2 Å². The molecule has 0 saturated carbocycles. The summed E-state index contributed by atoms with van der Waals surface area (Å²) in [5.41, 5.74) is 1.70. The van der Waals surface area contributed by atoms with Gasteiger partial charge < -0.3 is 15.5 Å². The summed E-state index contributed by atoms with van der Waals surface area (Å²) in [5.74, 6) is 0.518. The molecule has 0 fully saturated rings. The highest BCUT2D eigenvalue weighted by Gasteiger charge is 2.12. The van der Waals surface area contributed by atoms with Crippen LogP contribution in [-0.4, -0.2) is 10.2 Å². The van der Waals surface area contributed by atoms with E-state index in [0.29, 0.717) is 0 Å². The van der Waals surface area contributed by atoms with Crippen LogP contribution in [0.2, 0.25) is 0 Å². The number of hydrogen-bond acceptors (Lipinski definition) is 3. The summed E-state index contributed by atoms with van der Waals surface area (Å²) in [6, 6.07) is 14.3. The predicted octanol–water partition coefficient (Wildman–Crippen LogP) is 3.66. The number of benzene rings is 2. The molecule has 0 bridgehead atoms. The van der Waals surface area contributed by atoms with Crippen molar-refractivity contribution < 1.29 is 10.2 Å². The van der Waals surface area contributed by atoms with Crippen molar-refractivity contribution in [1.29, 1.82) is 0 Å². The molecule has 94 valence electrons. The van der Waals surface area contributed by atoms with E-state index in [1.54, 1.807) is 30.3 Å². The second-order valence-corrected chi connectivity index (χ2v) is 4.21. The standard InChI is InChI=1S/C15H17NO2/c1-2-14(13-8-3-4-9-15(13)18)16-11-6-5-7-12(17)10-11/h3-10,14,16-18H,2H2,1H3. The van der Waals surface area contributed by atoms with E-state index in [0.717, 1.165) is 17.7 Å². The lowest BCUT2D eigenvalue weighted by atomic mass is 10.0. The fourth-order valence-electron chi connectivity index (χ4n) is 1.98. The third-order valence-electron chi connectivity index (χ3n) is 2.91. The molecule has 3 nitrogen and oxygen atoms in total. The van der Waals surface area contributed by atoms with Crippen LogP contribution in [0.1, 0.15) is 24.9 Å². The van der Waals surface area contributed by atoms with E-state index in [2.05, 4.69) is 5.32 Å². The molecular formula is C15H17NO2. The SMILES string of the molecule is CCC(Nc1cccc(O)c1)c1ccccc1O. The van der Waals surface area contributed by atoms with Gasteiger partial charge in [0.05, 0.1) is 6.04 Å². The Bertz CT molecular complexity index is 525. The zero-order chi connectivity index (χ0) is 13.0. The van der Waals surface area contributed by atoms with Gasteiger partial charge in [0, 0.05) is 17.3 Å². The minimum Gasteiger partial charge on any atom is -0.508 e. The molecule has 0 aliphatic rings. The molecule has 1 unspecified atom stereocenters. The highest BCUT2D eigenvalue weighted by Crippen LogP contribution is 2.29. The van der Waals surface area contributed by atoms with Crippen LogP contribution in [-0.2, 0) is 0 Å². The zero-order valence-electron chi connectivity index (χ0n) is 10.3. The molecule has 2 aromatic rings. The lowest BCUT2D eigenvalue weighted by molar-refractivity contribution is 0.462. The molecule has 0 aliphatic heterocycles. The first-order valence-electron chi connectivity index (χ1n) is 6.04. The molecule has 0 saturated heterocycles. The van der Waals surface area contributed by atoms with E-state index < -0.39 is 0 Å². The first-order valence-corrected chi connectivity index (χ1v) is 6.04. The Morgan fingerprint density at radius 3 is 2.50 bits per heavy atom. The third-order valence-corrected chi connectivity index (χ3v) is 2.91. The minimum atomic E-state index is 0.0213. The van der Waals surface area contributed by atoms with Crippen LogP contribution in [0.25, 0.3) is 0 Å². The minimum absolute atomic E-state index is 0.0213. The maximum absolute atomic E-state index is 9.86. The van der Waals surface area contributed by atoms with Crippen LogP contribution in [0.4, 0.5) is 5.69 Å². The molecule has 0 aliphatic carbocycles. The first-order chi connectivity index (χ1) is 8.70. The van der Waals surface area contributed by atoms with Crippen molar-refractivity contribution in [3.8, 4) is 11.5 Å². The van der Waals surface area contributed by atoms with Gasteiger partial charge in [-0.05, 0) is 24.6 Å². The largest absolute Gasteiger partial charge is 0.508 e. The maximum Gasteiger partial charge on any atom is 0.120 e. The highest BCUT2D eigenvalue weighted by molar-refractivity contribution is 5.50. The van der Waals surface area contributed by atoms with Crippen LogP contribution < -0.4 is 5.32 Å². The molecule has 2 rings (SSSR count). The van der Waals surface area contributed by atoms with Gasteiger partial charge in [0.15, 0.2) is 0 Å². The Labute approximate surface area is 107 Å². The molecule has 0 aromatic heterocycles. The molecule has 3 heteroatoms. The van der Waals surface area contributed by atoms with Gasteiger partial charge in [0.2, 0.25) is 0 Å². The summed E-state index contributed by atoms with van der Waals surface area (Å²) in [6.45, 7) is 2.05. The van der Waals surface area contributed by atoms with Gasteiger partial charge in [-0.2, -0.15) is 0 Å². The van der Waals surface area contributed by atoms with Crippen molar-refractivity contribution >= 4 is 5.69 Å². The van der Waals surface area contributed by atoms with E-state index in [-0.39, 0.29) is 17.5 Å². The predicted molar refractivity (Wildman–Crippen MR) is 72.9 cm³/mol. The second-order valence-electron chi connectivity index (χ2n) is 4.21. The zero-order valence-corrected chi connectivity index (χ0v) is 10.3. The number of nitrogens with one attached hydrogen (secondary N) is 1. The Balaban J connectivity index is 2.23. The number of phenols is 2. The summed E-state index contributed by atoms with van der Waals surface area (Å²) in [5, 5.41) is 22.6. The van der Waals surface area contributed by atoms with Crippen molar-refractivity contribution in [3.63, 3.8) is 0 Å². The quantitative estimate of drug-likeness (QED) is 0.768. The van der Waals surface area contributed by atoms with Gasteiger partial charge in [-0.15, -0.1) is 0 Å². The monoisotopic (exact) mass is 243 g/mol. The third kappa shape index (κ3) is 2.74. The fraction of sp³-hybridized carbons (Fsp3) is 0.200. The van der Waals surface area contributed by atoms with Gasteiger partial charge >= 0.3 is 0 Å². The van der Waals surface area contributed by atoms with Crippen molar-refractivity contribution in [1.82, 2.24) is 0 Å². The summed E-state index contributed by atoms with van der Waals surface area (Å²) >= 11 is 0. The summed E-state index contributed by atoms with van der Waals surface area (Å²) < 4.78 is 0. The van der Waals surface area contributed by atoms with E-state index in [9.17, 15) is 10.2 Å². The van der Waals surface area contributed by atoms with Gasteiger partial charge in [-0.25, -0.2) is 0 Å². The molecule has 0 amide bonds. The topological polar surface area (TPSA) is 52.5 Å². The number of aromatic hydroxyl groups is 2. The Morgan fingerprint density at radius 1 is 1.06 bits per heavy atom. The normalized spacial score (nSPS) is 12.1. The van der Waals surface area contributed by atoms with E-state index >= 15 is 0 Å². The molecule has 0 spiro atoms. The Morgan fingerprint density at radius 2 is 1.83 bits per heavy atom. The van der Waals surface area contributed by atoms with Crippen LogP contribution in [0.15, 0.2) is 48.5 Å². The number of para-hydroxylation sites is 1. The molecule has 0 radical (unpaired) electrons. The molecule has 18 heavy (non-hydrogen) atoms. The molecule has 0 heterocycles. The average molecular weight is 243 g/mol. The Hall–Kier alpha value is -2.16. The molecule has 3 N–H and O–H groups in total. The van der Waals surface area contributed by atoms with E-state index in [1.807, 2.05) is 25.1 Å². The second kappa shape index (κ2) is 5.45. The van der Waals surface area contributed by atoms with Crippen LogP contribution in [0.5, 0.6) is 11.5 Å². The van der Waals surface area contributed by atoms with Gasteiger partial charge in [0.25, 0.3) is 0 Å². The van der Waals surface area contributed by atoms with Crippen LogP contribution in [0, 0.1) is 0 Å². The summed E-state index contributed by atoms with van der Waals surface area (Å²) in [4.78, 5) is 0. The van der Waals surface area contributed by atoms with Crippen molar-refractivity contribution in [2.45, 2.75) is 19.4 Å². The summed E-state index contributed by atoms with van der Waals surface area (Å²) in [7, 11) is 0. The number of hydrogen-bond donors (Lipinski definition) is 3. The Kier molecular flexibility index (Phi) is 3.72. The number of rotatable bonds is 4. The fourth-order valence-corrected chi connectivity index (χ4v) is 1.98. The van der Waals surface area contributed by atoms with Crippen molar-refractivity contribution in [3.05, 3.63) is 54.1 Å². The first kappa shape index (κ1) is 12.3. The lowest BCUT2D eigenvalue weighted by Gasteiger charge is -2.19. The smallest absolute Gasteiger partial charge is 0.120 e. The van der Waals surface area contributed by atoms with Gasteiger partial charge in [0.1, 0.15) is 11.5 Å². The maximum atomic E-state index is 9.86. The molecular weight excluding hydrogens is 226 g/mol. The molecule has 2 aromatic carbocycles. The molecule has 1 atom stereocenters. The number of phenolic OH excluding ortho intramolecular Hbond substituents is 2. The van der Waals surface area contributed by atoms with Crippen LogP contribution in [0.3, 0.4) is 0 Å². The summed E-state index contributed by atoms with van der Waals surface area (Å²) in [6.07, 6.45) is 0.841. The van der Waals surface area contributed by atoms with E-state index in [1.165, 1.54) is 0 Å². The van der Waals surface area contributed by atoms with Gasteiger partial charge in [-0.3, -0.25) is 0 Å². The number of anilines is 1. The van der Waals surface area contributed by atoms with Crippen molar-refractivity contribution in [2.75, 3.05) is 5.32 Å². The highest BCUT2D eigenvalue weighted by atomic mass is 16.3. The van der Waals surface area contributed by atoms with E-state index in [4.69, 9.17) is 0 Å². The average Bonchev–Trinajstić information content (AvgIpc) is 2.37. The van der Waals surface area contributed by atoms with Crippen molar-refractivity contribution in [2.24, 2.45) is 0 Å².